The van der Waals surface area contributed by atoms with Crippen LogP contribution >= 0.6 is 12.2 Å². The lowest BCUT2D eigenvalue weighted by Gasteiger charge is -2.26. The zero-order valence-electron chi connectivity index (χ0n) is 13.2. The van der Waals surface area contributed by atoms with Crippen LogP contribution in [0.1, 0.15) is 52.4 Å². The third-order valence-electron chi connectivity index (χ3n) is 3.45. The fraction of sp³-hybridized carbons (Fsp3) is 0.588. The average molecular weight is 310 g/mol. The zero-order chi connectivity index (χ0) is 15.5. The van der Waals surface area contributed by atoms with Crippen LogP contribution in [0.2, 0.25) is 0 Å². The molecule has 0 fully saturated rings. The SMILES string of the molecule is CCCCCN(CCCCC)C(=S)Nc1ccc(F)cc1. The van der Waals surface area contributed by atoms with E-state index in [1.807, 2.05) is 0 Å². The molecule has 0 aliphatic carbocycles. The van der Waals surface area contributed by atoms with E-state index in [0.717, 1.165) is 36.7 Å². The van der Waals surface area contributed by atoms with Gasteiger partial charge >= 0.3 is 0 Å². The Balaban J connectivity index is 2.53. The van der Waals surface area contributed by atoms with Crippen molar-refractivity contribution in [3.63, 3.8) is 0 Å². The molecule has 118 valence electrons. The highest BCUT2D eigenvalue weighted by atomic mass is 32.1. The standard InChI is InChI=1S/C17H27FN2S/c1-3-5-7-13-20(14-8-6-4-2)17(21)19-16-11-9-15(18)10-12-16/h9-12H,3-8,13-14H2,1-2H3,(H,19,21). The van der Waals surface area contributed by atoms with Crippen LogP contribution in [0.5, 0.6) is 0 Å². The highest BCUT2D eigenvalue weighted by Gasteiger charge is 2.09. The summed E-state index contributed by atoms with van der Waals surface area (Å²) in [6, 6.07) is 6.34. The fourth-order valence-electron chi connectivity index (χ4n) is 2.16. The first-order chi connectivity index (χ1) is 10.2. The first-order valence-corrected chi connectivity index (χ1v) is 8.39. The fourth-order valence-corrected chi connectivity index (χ4v) is 2.46. The predicted octanol–water partition coefficient (Wildman–Crippen LogP) is 5.20. The summed E-state index contributed by atoms with van der Waals surface area (Å²) < 4.78 is 12.9. The van der Waals surface area contributed by atoms with Gasteiger partial charge in [0.15, 0.2) is 5.11 Å². The molecule has 2 nitrogen and oxygen atoms in total. The van der Waals surface area contributed by atoms with Crippen molar-refractivity contribution in [2.45, 2.75) is 52.4 Å². The molecule has 0 radical (unpaired) electrons. The Labute approximate surface area is 133 Å². The van der Waals surface area contributed by atoms with Gasteiger partial charge in [-0.15, -0.1) is 0 Å². The van der Waals surface area contributed by atoms with Crippen LogP contribution in [0.25, 0.3) is 0 Å². The maximum atomic E-state index is 12.9. The number of halogens is 1. The summed E-state index contributed by atoms with van der Waals surface area (Å²) >= 11 is 5.51. The Bertz CT molecular complexity index is 396. The number of unbranched alkanes of at least 4 members (excludes halogenated alkanes) is 4. The van der Waals surface area contributed by atoms with Gasteiger partial charge in [-0.05, 0) is 49.3 Å². The second-order valence-corrected chi connectivity index (χ2v) is 5.73. The Morgan fingerprint density at radius 3 is 2.00 bits per heavy atom. The number of benzene rings is 1. The van der Waals surface area contributed by atoms with E-state index < -0.39 is 0 Å². The largest absolute Gasteiger partial charge is 0.349 e. The van der Waals surface area contributed by atoms with Gasteiger partial charge in [-0.1, -0.05) is 39.5 Å². The van der Waals surface area contributed by atoms with Crippen LogP contribution in [0.4, 0.5) is 10.1 Å². The minimum absolute atomic E-state index is 0.228. The molecule has 0 amide bonds. The van der Waals surface area contributed by atoms with Crippen LogP contribution in [0.3, 0.4) is 0 Å². The molecular formula is C17H27FN2S. The summed E-state index contributed by atoms with van der Waals surface area (Å²) in [6.07, 6.45) is 7.19. The number of hydrogen-bond donors (Lipinski definition) is 1. The van der Waals surface area contributed by atoms with Crippen molar-refractivity contribution in [1.29, 1.82) is 0 Å². The van der Waals surface area contributed by atoms with Crippen molar-refractivity contribution >= 4 is 23.0 Å². The number of rotatable bonds is 9. The normalized spacial score (nSPS) is 10.4. The highest BCUT2D eigenvalue weighted by molar-refractivity contribution is 7.80. The van der Waals surface area contributed by atoms with Crippen molar-refractivity contribution in [3.05, 3.63) is 30.1 Å². The zero-order valence-corrected chi connectivity index (χ0v) is 14.0. The van der Waals surface area contributed by atoms with Gasteiger partial charge < -0.3 is 10.2 Å². The van der Waals surface area contributed by atoms with Gasteiger partial charge in [0.05, 0.1) is 0 Å². The summed E-state index contributed by atoms with van der Waals surface area (Å²) in [5.41, 5.74) is 0.845. The smallest absolute Gasteiger partial charge is 0.173 e. The van der Waals surface area contributed by atoms with Crippen LogP contribution in [-0.4, -0.2) is 23.1 Å². The first-order valence-electron chi connectivity index (χ1n) is 7.98. The van der Waals surface area contributed by atoms with Crippen molar-refractivity contribution in [3.8, 4) is 0 Å². The quantitative estimate of drug-likeness (QED) is 0.498. The van der Waals surface area contributed by atoms with Crippen molar-refractivity contribution < 1.29 is 4.39 Å². The molecule has 1 rings (SSSR count). The molecule has 0 aliphatic heterocycles. The minimum atomic E-state index is -0.228. The molecule has 21 heavy (non-hydrogen) atoms. The molecule has 0 aliphatic rings. The molecule has 0 saturated carbocycles. The topological polar surface area (TPSA) is 15.3 Å². The molecule has 0 heterocycles. The number of anilines is 1. The lowest BCUT2D eigenvalue weighted by molar-refractivity contribution is 0.395. The molecule has 0 aromatic heterocycles. The van der Waals surface area contributed by atoms with E-state index in [-0.39, 0.29) is 5.82 Å². The van der Waals surface area contributed by atoms with Crippen LogP contribution in [0, 0.1) is 5.82 Å². The van der Waals surface area contributed by atoms with Gasteiger partial charge in [-0.3, -0.25) is 0 Å². The Morgan fingerprint density at radius 2 is 1.52 bits per heavy atom. The summed E-state index contributed by atoms with van der Waals surface area (Å²) in [7, 11) is 0. The molecule has 1 N–H and O–H groups in total. The lowest BCUT2D eigenvalue weighted by atomic mass is 10.2. The first kappa shape index (κ1) is 17.9. The Morgan fingerprint density at radius 1 is 1.00 bits per heavy atom. The molecule has 1 aromatic carbocycles. The number of hydrogen-bond acceptors (Lipinski definition) is 1. The third-order valence-corrected chi connectivity index (χ3v) is 3.81. The molecular weight excluding hydrogens is 283 g/mol. The van der Waals surface area contributed by atoms with Gasteiger partial charge in [0.1, 0.15) is 5.82 Å². The van der Waals surface area contributed by atoms with Gasteiger partial charge in [0, 0.05) is 18.8 Å². The second-order valence-electron chi connectivity index (χ2n) is 5.34. The maximum absolute atomic E-state index is 12.9. The maximum Gasteiger partial charge on any atom is 0.173 e. The summed E-state index contributed by atoms with van der Waals surface area (Å²) in [4.78, 5) is 2.24. The van der Waals surface area contributed by atoms with Crippen molar-refractivity contribution in [2.24, 2.45) is 0 Å². The number of nitrogens with one attached hydrogen (secondary N) is 1. The van der Waals surface area contributed by atoms with Gasteiger partial charge in [-0.25, -0.2) is 4.39 Å². The second kappa shape index (κ2) is 10.6. The molecule has 0 spiro atoms. The van der Waals surface area contributed by atoms with Crippen LogP contribution < -0.4 is 5.32 Å². The summed E-state index contributed by atoms with van der Waals surface area (Å²) in [6.45, 7) is 6.39. The molecule has 0 unspecified atom stereocenters. The van der Waals surface area contributed by atoms with E-state index in [0.29, 0.717) is 0 Å². The predicted molar refractivity (Wildman–Crippen MR) is 93.2 cm³/mol. The lowest BCUT2D eigenvalue weighted by Crippen LogP contribution is -2.36. The van der Waals surface area contributed by atoms with E-state index in [2.05, 4.69) is 24.1 Å². The Kier molecular flexibility index (Phi) is 8.99. The molecule has 0 atom stereocenters. The van der Waals surface area contributed by atoms with E-state index in [1.54, 1.807) is 12.1 Å². The average Bonchev–Trinajstić information content (AvgIpc) is 2.48. The molecule has 1 aromatic rings. The monoisotopic (exact) mass is 310 g/mol. The summed E-state index contributed by atoms with van der Waals surface area (Å²) in [5.74, 6) is -0.228. The van der Waals surface area contributed by atoms with E-state index in [1.165, 1.54) is 37.8 Å². The van der Waals surface area contributed by atoms with Gasteiger partial charge in [-0.2, -0.15) is 0 Å². The van der Waals surface area contributed by atoms with E-state index in [4.69, 9.17) is 12.2 Å². The number of nitrogens with zero attached hydrogens (tertiary/aromatic N) is 1. The van der Waals surface area contributed by atoms with Gasteiger partial charge in [0.25, 0.3) is 0 Å². The van der Waals surface area contributed by atoms with Gasteiger partial charge in [0.2, 0.25) is 0 Å². The molecule has 0 bridgehead atoms. The molecule has 4 heteroatoms. The van der Waals surface area contributed by atoms with E-state index in [9.17, 15) is 4.39 Å². The Hall–Kier alpha value is -1.16. The minimum Gasteiger partial charge on any atom is -0.349 e. The third kappa shape index (κ3) is 7.42. The van der Waals surface area contributed by atoms with Crippen LogP contribution in [-0.2, 0) is 0 Å². The summed E-state index contributed by atoms with van der Waals surface area (Å²) in [5, 5.41) is 3.96. The number of thiocarbonyl (C=S) groups is 1. The van der Waals surface area contributed by atoms with Crippen molar-refractivity contribution in [2.75, 3.05) is 18.4 Å². The molecule has 0 saturated heterocycles. The van der Waals surface area contributed by atoms with Crippen molar-refractivity contribution in [1.82, 2.24) is 4.90 Å². The van der Waals surface area contributed by atoms with Crippen LogP contribution in [0.15, 0.2) is 24.3 Å². The van der Waals surface area contributed by atoms with E-state index >= 15 is 0 Å². The highest BCUT2D eigenvalue weighted by Crippen LogP contribution is 2.11.